The lowest BCUT2D eigenvalue weighted by Crippen LogP contribution is -2.43. The second-order valence-electron chi connectivity index (χ2n) is 6.64. The quantitative estimate of drug-likeness (QED) is 0.605. The first-order valence-corrected chi connectivity index (χ1v) is 10.2. The summed E-state index contributed by atoms with van der Waals surface area (Å²) in [6, 6.07) is 16.6. The molecule has 2 aromatic carbocycles. The number of anilines is 3. The standard InChI is InChI=1S/C21H21N5O2S/c27-20(15-4-2-1-3-5-15)24-18-14-29-25-19(18)21(28)23-16-6-8-17(9-7-16)26-12-10-22-11-13-26/h1-9,14,22H,10-13H2,(H,23,28)(H,24,27). The first kappa shape index (κ1) is 19.1. The average molecular weight is 407 g/mol. The number of amides is 2. The molecule has 148 valence electrons. The highest BCUT2D eigenvalue weighted by atomic mass is 32.1. The molecule has 0 saturated carbocycles. The topological polar surface area (TPSA) is 86.4 Å². The van der Waals surface area contributed by atoms with E-state index in [2.05, 4.69) is 25.2 Å². The van der Waals surface area contributed by atoms with Gasteiger partial charge in [-0.3, -0.25) is 9.59 Å². The molecule has 1 aliphatic heterocycles. The highest BCUT2D eigenvalue weighted by molar-refractivity contribution is 7.04. The number of piperazine rings is 1. The average Bonchev–Trinajstić information content (AvgIpc) is 3.24. The van der Waals surface area contributed by atoms with Gasteiger partial charge in [0.15, 0.2) is 5.69 Å². The molecule has 0 bridgehead atoms. The molecule has 1 fully saturated rings. The summed E-state index contributed by atoms with van der Waals surface area (Å²) in [5, 5.41) is 10.6. The van der Waals surface area contributed by atoms with Gasteiger partial charge < -0.3 is 20.9 Å². The van der Waals surface area contributed by atoms with Crippen LogP contribution >= 0.6 is 11.5 Å². The molecule has 1 aromatic heterocycles. The van der Waals surface area contributed by atoms with Gasteiger partial charge in [0.2, 0.25) is 0 Å². The smallest absolute Gasteiger partial charge is 0.277 e. The lowest BCUT2D eigenvalue weighted by Gasteiger charge is -2.29. The fourth-order valence-corrected chi connectivity index (χ4v) is 3.76. The minimum Gasteiger partial charge on any atom is -0.369 e. The van der Waals surface area contributed by atoms with Gasteiger partial charge in [-0.2, -0.15) is 4.37 Å². The van der Waals surface area contributed by atoms with Crippen LogP contribution in [0.3, 0.4) is 0 Å². The van der Waals surface area contributed by atoms with Crippen LogP contribution in [0.4, 0.5) is 17.1 Å². The van der Waals surface area contributed by atoms with Gasteiger partial charge >= 0.3 is 0 Å². The van der Waals surface area contributed by atoms with Crippen LogP contribution in [0.5, 0.6) is 0 Å². The second-order valence-corrected chi connectivity index (χ2v) is 7.26. The van der Waals surface area contributed by atoms with Gasteiger partial charge in [-0.1, -0.05) is 18.2 Å². The number of nitrogens with one attached hydrogen (secondary N) is 3. The van der Waals surface area contributed by atoms with Crippen molar-refractivity contribution >= 4 is 40.4 Å². The van der Waals surface area contributed by atoms with Crippen molar-refractivity contribution in [3.63, 3.8) is 0 Å². The van der Waals surface area contributed by atoms with E-state index < -0.39 is 0 Å². The summed E-state index contributed by atoms with van der Waals surface area (Å²) in [6.07, 6.45) is 0. The molecule has 2 heterocycles. The zero-order chi connectivity index (χ0) is 20.1. The van der Waals surface area contributed by atoms with Crippen LogP contribution in [0.15, 0.2) is 60.0 Å². The summed E-state index contributed by atoms with van der Waals surface area (Å²) >= 11 is 1.13. The van der Waals surface area contributed by atoms with Crippen LogP contribution in [0.2, 0.25) is 0 Å². The molecule has 29 heavy (non-hydrogen) atoms. The maximum absolute atomic E-state index is 12.7. The van der Waals surface area contributed by atoms with E-state index in [0.29, 0.717) is 16.9 Å². The van der Waals surface area contributed by atoms with Crippen LogP contribution in [-0.4, -0.2) is 42.4 Å². The lowest BCUT2D eigenvalue weighted by atomic mass is 10.2. The van der Waals surface area contributed by atoms with Gasteiger partial charge in [-0.05, 0) is 47.9 Å². The van der Waals surface area contributed by atoms with Crippen LogP contribution in [0.1, 0.15) is 20.8 Å². The van der Waals surface area contributed by atoms with E-state index in [4.69, 9.17) is 0 Å². The van der Waals surface area contributed by atoms with E-state index in [-0.39, 0.29) is 17.5 Å². The van der Waals surface area contributed by atoms with Crippen molar-refractivity contribution in [1.82, 2.24) is 9.69 Å². The van der Waals surface area contributed by atoms with Crippen molar-refractivity contribution in [2.24, 2.45) is 0 Å². The van der Waals surface area contributed by atoms with Gasteiger partial charge in [-0.15, -0.1) is 0 Å². The Morgan fingerprint density at radius 3 is 2.38 bits per heavy atom. The molecule has 1 saturated heterocycles. The number of rotatable bonds is 5. The van der Waals surface area contributed by atoms with Crippen LogP contribution in [0, 0.1) is 0 Å². The number of hydrogen-bond donors (Lipinski definition) is 3. The first-order chi connectivity index (χ1) is 14.2. The van der Waals surface area contributed by atoms with Crippen molar-refractivity contribution in [2.75, 3.05) is 41.7 Å². The highest BCUT2D eigenvalue weighted by Gasteiger charge is 2.18. The number of aromatic nitrogens is 1. The van der Waals surface area contributed by atoms with Crippen molar-refractivity contribution < 1.29 is 9.59 Å². The first-order valence-electron chi connectivity index (χ1n) is 9.38. The molecule has 0 atom stereocenters. The van der Waals surface area contributed by atoms with Crippen molar-refractivity contribution in [2.45, 2.75) is 0 Å². The monoisotopic (exact) mass is 407 g/mol. The number of nitrogens with zero attached hydrogens (tertiary/aromatic N) is 2. The van der Waals surface area contributed by atoms with E-state index in [1.54, 1.807) is 29.6 Å². The molecule has 0 unspecified atom stereocenters. The van der Waals surface area contributed by atoms with Gasteiger partial charge in [-0.25, -0.2) is 0 Å². The Morgan fingerprint density at radius 1 is 0.931 bits per heavy atom. The molecule has 7 nitrogen and oxygen atoms in total. The predicted octanol–water partition coefficient (Wildman–Crippen LogP) is 3.06. The Bertz CT molecular complexity index is 982. The Hall–Kier alpha value is -3.23. The van der Waals surface area contributed by atoms with Gasteiger partial charge in [0.25, 0.3) is 11.8 Å². The molecule has 0 aliphatic carbocycles. The third kappa shape index (κ3) is 4.61. The lowest BCUT2D eigenvalue weighted by molar-refractivity contribution is 0.102. The summed E-state index contributed by atoms with van der Waals surface area (Å²) in [4.78, 5) is 27.3. The minimum absolute atomic E-state index is 0.200. The summed E-state index contributed by atoms with van der Waals surface area (Å²) in [6.45, 7) is 3.88. The molecule has 0 spiro atoms. The summed E-state index contributed by atoms with van der Waals surface area (Å²) in [5.41, 5.74) is 2.94. The van der Waals surface area contributed by atoms with Crippen molar-refractivity contribution in [3.8, 4) is 0 Å². The number of benzene rings is 2. The van der Waals surface area contributed by atoms with Gasteiger partial charge in [0.05, 0.1) is 5.69 Å². The Morgan fingerprint density at radius 2 is 1.66 bits per heavy atom. The predicted molar refractivity (Wildman–Crippen MR) is 116 cm³/mol. The molecule has 4 rings (SSSR count). The molecule has 8 heteroatoms. The van der Waals surface area contributed by atoms with E-state index in [1.807, 2.05) is 30.3 Å². The Labute approximate surface area is 172 Å². The minimum atomic E-state index is -0.357. The van der Waals surface area contributed by atoms with Crippen LogP contribution in [0.25, 0.3) is 0 Å². The zero-order valence-corrected chi connectivity index (χ0v) is 16.5. The fraction of sp³-hybridized carbons (Fsp3) is 0.190. The SMILES string of the molecule is O=C(Nc1csnc1C(=O)Nc1ccc(N2CCNCC2)cc1)c1ccccc1. The highest BCUT2D eigenvalue weighted by Crippen LogP contribution is 2.22. The number of carbonyl (C=O) groups excluding carboxylic acids is 2. The molecule has 3 N–H and O–H groups in total. The molecule has 3 aromatic rings. The van der Waals surface area contributed by atoms with Gasteiger partial charge in [0.1, 0.15) is 0 Å². The third-order valence-corrected chi connectivity index (χ3v) is 5.31. The molecular formula is C21H21N5O2S. The summed E-state index contributed by atoms with van der Waals surface area (Å²) in [7, 11) is 0. The number of hydrogen-bond acceptors (Lipinski definition) is 6. The molecule has 0 radical (unpaired) electrons. The Kier molecular flexibility index (Phi) is 5.83. The van der Waals surface area contributed by atoms with Crippen molar-refractivity contribution in [1.29, 1.82) is 0 Å². The van der Waals surface area contributed by atoms with Crippen LogP contribution in [-0.2, 0) is 0 Å². The largest absolute Gasteiger partial charge is 0.369 e. The summed E-state index contributed by atoms with van der Waals surface area (Å²) < 4.78 is 4.15. The van der Waals surface area contributed by atoms with Gasteiger partial charge in [0, 0.05) is 48.5 Å². The molecule has 1 aliphatic rings. The summed E-state index contributed by atoms with van der Waals surface area (Å²) in [5.74, 6) is -0.634. The fourth-order valence-electron chi connectivity index (χ4n) is 3.14. The van der Waals surface area contributed by atoms with E-state index in [9.17, 15) is 9.59 Å². The van der Waals surface area contributed by atoms with E-state index in [0.717, 1.165) is 43.4 Å². The van der Waals surface area contributed by atoms with E-state index >= 15 is 0 Å². The van der Waals surface area contributed by atoms with Crippen LogP contribution < -0.4 is 20.9 Å². The maximum Gasteiger partial charge on any atom is 0.277 e. The zero-order valence-electron chi connectivity index (χ0n) is 15.7. The second kappa shape index (κ2) is 8.85. The number of carbonyl (C=O) groups is 2. The third-order valence-electron chi connectivity index (χ3n) is 4.68. The maximum atomic E-state index is 12.7. The van der Waals surface area contributed by atoms with Crippen molar-refractivity contribution in [3.05, 3.63) is 71.2 Å². The Balaban J connectivity index is 1.41. The van der Waals surface area contributed by atoms with E-state index in [1.165, 1.54) is 0 Å². The molecule has 2 amide bonds. The molecular weight excluding hydrogens is 386 g/mol. The normalized spacial score (nSPS) is 13.7.